The van der Waals surface area contributed by atoms with E-state index < -0.39 is 0 Å². The second-order valence-corrected chi connectivity index (χ2v) is 14.5. The van der Waals surface area contributed by atoms with Gasteiger partial charge in [0.2, 0.25) is 0 Å². The third-order valence-electron chi connectivity index (χ3n) is 11.1. The molecular formula is C53H40N2. The Morgan fingerprint density at radius 2 is 0.836 bits per heavy atom. The van der Waals surface area contributed by atoms with Crippen LogP contribution in [-0.2, 0) is 12.8 Å². The van der Waals surface area contributed by atoms with Gasteiger partial charge in [0.05, 0.1) is 0 Å². The molecule has 2 aliphatic rings. The highest BCUT2D eigenvalue weighted by Gasteiger charge is 2.25. The van der Waals surface area contributed by atoms with Crippen LogP contribution in [0.2, 0.25) is 0 Å². The van der Waals surface area contributed by atoms with Crippen molar-refractivity contribution in [2.75, 3.05) is 9.80 Å². The Balaban J connectivity index is 1.02. The van der Waals surface area contributed by atoms with E-state index in [-0.39, 0.29) is 0 Å². The minimum Gasteiger partial charge on any atom is -0.310 e. The quantitative estimate of drug-likeness (QED) is 0.155. The SMILES string of the molecule is C1=Cc2cccc(N(c3ccccc3)c3ccc4c(c3)Cc3cc(N(c5ccc(-c6ccccc6)cc5)c5ccc(-c6ccccc6)cc5)ccc3-4)c2CC1. The average Bonchev–Trinajstić information content (AvgIpc) is 3.63. The van der Waals surface area contributed by atoms with Gasteiger partial charge in [0.25, 0.3) is 0 Å². The molecule has 0 fully saturated rings. The Labute approximate surface area is 323 Å². The summed E-state index contributed by atoms with van der Waals surface area (Å²) in [6.45, 7) is 0. The summed E-state index contributed by atoms with van der Waals surface area (Å²) in [7, 11) is 0. The molecule has 0 spiro atoms. The lowest BCUT2D eigenvalue weighted by molar-refractivity contribution is 0.979. The van der Waals surface area contributed by atoms with Crippen LogP contribution in [0.4, 0.5) is 34.1 Å². The Kier molecular flexibility index (Phi) is 8.42. The van der Waals surface area contributed by atoms with Gasteiger partial charge in [0.15, 0.2) is 0 Å². The smallest absolute Gasteiger partial charge is 0.0499 e. The molecule has 262 valence electrons. The fraction of sp³-hybridized carbons (Fsp3) is 0.0566. The van der Waals surface area contributed by atoms with Crippen molar-refractivity contribution in [1.29, 1.82) is 0 Å². The molecule has 0 atom stereocenters. The number of anilines is 6. The lowest BCUT2D eigenvalue weighted by Gasteiger charge is -2.29. The molecular weight excluding hydrogens is 665 g/mol. The molecule has 55 heavy (non-hydrogen) atoms. The first kappa shape index (κ1) is 32.7. The maximum Gasteiger partial charge on any atom is 0.0499 e. The van der Waals surface area contributed by atoms with Crippen LogP contribution in [0.1, 0.15) is 28.7 Å². The zero-order chi connectivity index (χ0) is 36.6. The maximum atomic E-state index is 2.45. The number of benzene rings is 8. The zero-order valence-corrected chi connectivity index (χ0v) is 30.6. The normalized spacial score (nSPS) is 12.4. The average molecular weight is 705 g/mol. The molecule has 0 radical (unpaired) electrons. The van der Waals surface area contributed by atoms with Crippen molar-refractivity contribution in [1.82, 2.24) is 0 Å². The number of fused-ring (bicyclic) bond motifs is 4. The second-order valence-electron chi connectivity index (χ2n) is 14.5. The Morgan fingerprint density at radius 3 is 1.40 bits per heavy atom. The van der Waals surface area contributed by atoms with Gasteiger partial charge in [0.1, 0.15) is 0 Å². The zero-order valence-electron chi connectivity index (χ0n) is 30.6. The summed E-state index contributed by atoms with van der Waals surface area (Å²) in [6, 6.07) is 70.8. The predicted molar refractivity (Wildman–Crippen MR) is 232 cm³/mol. The van der Waals surface area contributed by atoms with Gasteiger partial charge < -0.3 is 9.80 Å². The number of rotatable bonds is 8. The van der Waals surface area contributed by atoms with Gasteiger partial charge in [0, 0.05) is 34.1 Å². The van der Waals surface area contributed by atoms with Crippen LogP contribution in [-0.4, -0.2) is 0 Å². The lowest BCUT2D eigenvalue weighted by atomic mass is 9.94. The van der Waals surface area contributed by atoms with E-state index in [0.717, 1.165) is 36.3 Å². The van der Waals surface area contributed by atoms with Gasteiger partial charge in [-0.25, -0.2) is 0 Å². The summed E-state index contributed by atoms with van der Waals surface area (Å²) in [5.74, 6) is 0. The van der Waals surface area contributed by atoms with Gasteiger partial charge in [-0.2, -0.15) is 0 Å². The fourth-order valence-electron chi connectivity index (χ4n) is 8.45. The minimum atomic E-state index is 0.887. The van der Waals surface area contributed by atoms with Crippen LogP contribution in [0, 0.1) is 0 Å². The molecule has 0 aliphatic heterocycles. The van der Waals surface area contributed by atoms with Crippen LogP contribution in [0.25, 0.3) is 39.5 Å². The van der Waals surface area contributed by atoms with Crippen LogP contribution in [0.5, 0.6) is 0 Å². The molecule has 2 heteroatoms. The van der Waals surface area contributed by atoms with Gasteiger partial charge in [-0.3, -0.25) is 0 Å². The first-order chi connectivity index (χ1) is 27.3. The van der Waals surface area contributed by atoms with E-state index in [1.165, 1.54) is 72.7 Å². The van der Waals surface area contributed by atoms with Crippen LogP contribution in [0.15, 0.2) is 200 Å². The van der Waals surface area contributed by atoms with E-state index in [4.69, 9.17) is 0 Å². The lowest BCUT2D eigenvalue weighted by Crippen LogP contribution is -2.13. The molecule has 8 aromatic rings. The summed E-state index contributed by atoms with van der Waals surface area (Å²) in [5, 5.41) is 0. The highest BCUT2D eigenvalue weighted by molar-refractivity contribution is 5.88. The molecule has 0 amide bonds. The topological polar surface area (TPSA) is 6.48 Å². The van der Waals surface area contributed by atoms with E-state index in [1.54, 1.807) is 0 Å². The first-order valence-electron chi connectivity index (χ1n) is 19.3. The van der Waals surface area contributed by atoms with Crippen molar-refractivity contribution in [3.05, 3.63) is 222 Å². The molecule has 0 unspecified atom stereocenters. The van der Waals surface area contributed by atoms with Crippen molar-refractivity contribution in [3.8, 4) is 33.4 Å². The largest absolute Gasteiger partial charge is 0.310 e. The van der Waals surface area contributed by atoms with E-state index in [9.17, 15) is 0 Å². The Hall–Kier alpha value is -6.90. The van der Waals surface area contributed by atoms with Crippen molar-refractivity contribution in [3.63, 3.8) is 0 Å². The van der Waals surface area contributed by atoms with Crippen molar-refractivity contribution < 1.29 is 0 Å². The predicted octanol–water partition coefficient (Wildman–Crippen LogP) is 14.5. The third-order valence-corrected chi connectivity index (χ3v) is 11.1. The molecule has 8 aromatic carbocycles. The molecule has 0 bridgehead atoms. The van der Waals surface area contributed by atoms with Gasteiger partial charge in [-0.1, -0.05) is 140 Å². The summed E-state index contributed by atoms with van der Waals surface area (Å²) >= 11 is 0. The van der Waals surface area contributed by atoms with Crippen LogP contribution in [0.3, 0.4) is 0 Å². The number of hydrogen-bond acceptors (Lipinski definition) is 2. The van der Waals surface area contributed by atoms with Crippen LogP contribution < -0.4 is 9.80 Å². The van der Waals surface area contributed by atoms with Crippen molar-refractivity contribution in [2.45, 2.75) is 19.3 Å². The summed E-state index contributed by atoms with van der Waals surface area (Å²) in [6.07, 6.45) is 7.57. The maximum absolute atomic E-state index is 2.45. The highest BCUT2D eigenvalue weighted by Crippen LogP contribution is 2.46. The molecule has 0 N–H and O–H groups in total. The number of allylic oxidation sites excluding steroid dienone is 1. The number of para-hydroxylation sites is 1. The van der Waals surface area contributed by atoms with Crippen molar-refractivity contribution in [2.24, 2.45) is 0 Å². The molecule has 0 aromatic heterocycles. The summed E-state index contributed by atoms with van der Waals surface area (Å²) in [4.78, 5) is 4.84. The van der Waals surface area contributed by atoms with E-state index in [0.29, 0.717) is 0 Å². The van der Waals surface area contributed by atoms with Gasteiger partial charge in [-0.05, 0) is 142 Å². The summed E-state index contributed by atoms with van der Waals surface area (Å²) in [5.41, 5.74) is 20.0. The molecule has 0 heterocycles. The molecule has 2 aliphatic carbocycles. The highest BCUT2D eigenvalue weighted by atomic mass is 15.1. The van der Waals surface area contributed by atoms with E-state index in [1.807, 2.05) is 0 Å². The van der Waals surface area contributed by atoms with Crippen molar-refractivity contribution >= 4 is 40.2 Å². The monoisotopic (exact) mass is 704 g/mol. The Bertz CT molecular complexity index is 2560. The van der Waals surface area contributed by atoms with Crippen LogP contribution >= 0.6 is 0 Å². The van der Waals surface area contributed by atoms with E-state index >= 15 is 0 Å². The number of hydrogen-bond donors (Lipinski definition) is 0. The molecule has 10 rings (SSSR count). The number of nitrogens with zero attached hydrogens (tertiary/aromatic N) is 2. The fourth-order valence-corrected chi connectivity index (χ4v) is 8.45. The van der Waals surface area contributed by atoms with Gasteiger partial charge >= 0.3 is 0 Å². The molecule has 2 nitrogen and oxygen atoms in total. The van der Waals surface area contributed by atoms with Gasteiger partial charge in [-0.15, -0.1) is 0 Å². The Morgan fingerprint density at radius 1 is 0.364 bits per heavy atom. The second kappa shape index (κ2) is 14.2. The molecule has 0 saturated carbocycles. The minimum absolute atomic E-state index is 0.887. The third kappa shape index (κ3) is 6.22. The standard InChI is InChI=1S/C53H40N2/c1-4-13-38(14-5-1)40-23-27-46(28-24-40)54(47-29-25-41(26-30-47)39-15-6-2-7-16-39)48-31-33-50-43(36-48)35-44-37-49(32-34-51(44)50)55(45-19-8-3-9-20-45)53-22-12-18-42-17-10-11-21-52(42)53/h1-10,12-20,22-34,36-37H,11,21,35H2. The molecule has 0 saturated heterocycles. The first-order valence-corrected chi connectivity index (χ1v) is 19.3. The van der Waals surface area contributed by atoms with E-state index in [2.05, 4.69) is 216 Å². The summed E-state index contributed by atoms with van der Waals surface area (Å²) < 4.78 is 0.